The zero-order valence-corrected chi connectivity index (χ0v) is 7.93. The lowest BCUT2D eigenvalue weighted by atomic mass is 10.2. The van der Waals surface area contributed by atoms with E-state index in [9.17, 15) is 9.18 Å². The number of carbonyl (C=O) groups is 1. The van der Waals surface area contributed by atoms with Gasteiger partial charge in [-0.3, -0.25) is 10.1 Å². The first-order valence-electron chi connectivity index (χ1n) is 3.29. The average Bonchev–Trinajstić information content (AvgIpc) is 2.04. The van der Waals surface area contributed by atoms with E-state index in [1.54, 1.807) is 0 Å². The molecular weight excluding hydrogens is 239 g/mol. The van der Waals surface area contributed by atoms with Gasteiger partial charge in [0.15, 0.2) is 6.19 Å². The molecule has 0 radical (unpaired) electrons. The quantitative estimate of drug-likeness (QED) is 0.603. The highest BCUT2D eigenvalue weighted by molar-refractivity contribution is 9.10. The third-order valence-corrected chi connectivity index (χ3v) is 2.00. The monoisotopic (exact) mass is 242 g/mol. The van der Waals surface area contributed by atoms with Crippen LogP contribution in [0.25, 0.3) is 0 Å². The summed E-state index contributed by atoms with van der Waals surface area (Å²) in [6.07, 6.45) is 1.49. The Morgan fingerprint density at radius 3 is 2.85 bits per heavy atom. The molecule has 0 bridgehead atoms. The molecule has 0 saturated heterocycles. The summed E-state index contributed by atoms with van der Waals surface area (Å²) in [5, 5.41) is 10.1. The summed E-state index contributed by atoms with van der Waals surface area (Å²) in [6, 6.07) is 3.61. The number of carbonyl (C=O) groups excluding carboxylic acids is 1. The van der Waals surface area contributed by atoms with Gasteiger partial charge < -0.3 is 0 Å². The van der Waals surface area contributed by atoms with Crippen LogP contribution in [0, 0.1) is 17.3 Å². The molecule has 0 unspecified atom stereocenters. The van der Waals surface area contributed by atoms with Gasteiger partial charge >= 0.3 is 0 Å². The molecule has 1 amide bonds. The van der Waals surface area contributed by atoms with Gasteiger partial charge in [-0.05, 0) is 34.1 Å². The SMILES string of the molecule is N#CNC(=O)c1ccc(F)cc1Br. The highest BCUT2D eigenvalue weighted by Gasteiger charge is 2.09. The summed E-state index contributed by atoms with van der Waals surface area (Å²) in [6.45, 7) is 0. The summed E-state index contributed by atoms with van der Waals surface area (Å²) in [5.41, 5.74) is 0.225. The van der Waals surface area contributed by atoms with Crippen LogP contribution >= 0.6 is 15.9 Å². The molecule has 3 nitrogen and oxygen atoms in total. The molecule has 0 aromatic heterocycles. The van der Waals surface area contributed by atoms with Crippen molar-refractivity contribution in [2.45, 2.75) is 0 Å². The van der Waals surface area contributed by atoms with E-state index < -0.39 is 11.7 Å². The molecule has 1 aromatic carbocycles. The summed E-state index contributed by atoms with van der Waals surface area (Å²) >= 11 is 3.01. The fourth-order valence-electron chi connectivity index (χ4n) is 0.792. The summed E-state index contributed by atoms with van der Waals surface area (Å²) in [4.78, 5) is 11.1. The van der Waals surface area contributed by atoms with Crippen LogP contribution in [0.15, 0.2) is 22.7 Å². The summed E-state index contributed by atoms with van der Waals surface area (Å²) in [7, 11) is 0. The van der Waals surface area contributed by atoms with Crippen molar-refractivity contribution in [3.8, 4) is 6.19 Å². The Kier molecular flexibility index (Phi) is 2.98. The molecule has 0 aliphatic heterocycles. The van der Waals surface area contributed by atoms with Crippen molar-refractivity contribution < 1.29 is 9.18 Å². The van der Waals surface area contributed by atoms with Crippen LogP contribution in [0.4, 0.5) is 4.39 Å². The Labute approximate surface area is 82.3 Å². The molecule has 0 saturated carbocycles. The molecule has 0 heterocycles. The zero-order valence-electron chi connectivity index (χ0n) is 6.34. The van der Waals surface area contributed by atoms with Crippen LogP contribution in [0.3, 0.4) is 0 Å². The lowest BCUT2D eigenvalue weighted by Crippen LogP contribution is -2.17. The van der Waals surface area contributed by atoms with Crippen molar-refractivity contribution in [1.82, 2.24) is 5.32 Å². The Bertz CT molecular complexity index is 386. The highest BCUT2D eigenvalue weighted by Crippen LogP contribution is 2.17. The molecule has 5 heteroatoms. The lowest BCUT2D eigenvalue weighted by Gasteiger charge is -2.00. The fourth-order valence-corrected chi connectivity index (χ4v) is 1.32. The number of hydrogen-bond acceptors (Lipinski definition) is 2. The highest BCUT2D eigenvalue weighted by atomic mass is 79.9. The van der Waals surface area contributed by atoms with Crippen LogP contribution in [0.1, 0.15) is 10.4 Å². The predicted octanol–water partition coefficient (Wildman–Crippen LogP) is 1.80. The van der Waals surface area contributed by atoms with Crippen molar-refractivity contribution in [3.05, 3.63) is 34.1 Å². The van der Waals surface area contributed by atoms with Crippen LogP contribution in [0.2, 0.25) is 0 Å². The maximum Gasteiger partial charge on any atom is 0.265 e. The molecule has 1 rings (SSSR count). The Balaban J connectivity index is 3.03. The van der Waals surface area contributed by atoms with E-state index in [1.807, 2.05) is 5.32 Å². The van der Waals surface area contributed by atoms with Gasteiger partial charge in [-0.25, -0.2) is 4.39 Å². The van der Waals surface area contributed by atoms with Gasteiger partial charge in [-0.2, -0.15) is 5.26 Å². The molecular formula is C8H4BrFN2O. The Morgan fingerprint density at radius 1 is 1.62 bits per heavy atom. The van der Waals surface area contributed by atoms with Gasteiger partial charge in [0.1, 0.15) is 5.82 Å². The minimum absolute atomic E-state index is 0.225. The van der Waals surface area contributed by atoms with Gasteiger partial charge in [0.05, 0.1) is 5.56 Å². The molecule has 0 fully saturated rings. The maximum atomic E-state index is 12.6. The predicted molar refractivity (Wildman–Crippen MR) is 47.2 cm³/mol. The number of amides is 1. The first-order chi connectivity index (χ1) is 6.15. The number of rotatable bonds is 1. The molecule has 0 aliphatic rings. The molecule has 1 N–H and O–H groups in total. The van der Waals surface area contributed by atoms with Gasteiger partial charge in [-0.1, -0.05) is 0 Å². The lowest BCUT2D eigenvalue weighted by molar-refractivity contribution is 0.0972. The smallest absolute Gasteiger partial charge is 0.265 e. The number of nitrogens with one attached hydrogen (secondary N) is 1. The second-order valence-corrected chi connectivity index (χ2v) is 3.04. The zero-order chi connectivity index (χ0) is 9.84. The van der Waals surface area contributed by atoms with E-state index in [4.69, 9.17) is 5.26 Å². The Morgan fingerprint density at radius 2 is 2.31 bits per heavy atom. The standard InChI is InChI=1S/C8H4BrFN2O/c9-7-3-5(10)1-2-6(7)8(13)12-4-11/h1-3H,(H,12,13). The minimum atomic E-state index is -0.561. The van der Waals surface area contributed by atoms with Crippen LogP contribution in [0.5, 0.6) is 0 Å². The normalized spacial score (nSPS) is 9.00. The topological polar surface area (TPSA) is 52.9 Å². The van der Waals surface area contributed by atoms with Gasteiger partial charge in [0.2, 0.25) is 0 Å². The third-order valence-electron chi connectivity index (χ3n) is 1.35. The van der Waals surface area contributed by atoms with E-state index in [0.717, 1.165) is 12.1 Å². The van der Waals surface area contributed by atoms with Gasteiger partial charge in [0.25, 0.3) is 5.91 Å². The Hall–Kier alpha value is -1.41. The van der Waals surface area contributed by atoms with Crippen LogP contribution < -0.4 is 5.32 Å². The van der Waals surface area contributed by atoms with Crippen molar-refractivity contribution >= 4 is 21.8 Å². The summed E-state index contributed by atoms with van der Waals surface area (Å²) in [5.74, 6) is -1.00. The van der Waals surface area contributed by atoms with E-state index >= 15 is 0 Å². The maximum absolute atomic E-state index is 12.6. The molecule has 0 atom stereocenters. The van der Waals surface area contributed by atoms with Crippen LogP contribution in [-0.2, 0) is 0 Å². The van der Waals surface area contributed by atoms with Crippen molar-refractivity contribution in [2.24, 2.45) is 0 Å². The number of hydrogen-bond donors (Lipinski definition) is 1. The molecule has 13 heavy (non-hydrogen) atoms. The number of nitriles is 1. The largest absolute Gasteiger partial charge is 0.268 e. The van der Waals surface area contributed by atoms with E-state index in [-0.39, 0.29) is 5.56 Å². The second-order valence-electron chi connectivity index (χ2n) is 2.19. The van der Waals surface area contributed by atoms with Crippen LogP contribution in [-0.4, -0.2) is 5.91 Å². The molecule has 0 spiro atoms. The minimum Gasteiger partial charge on any atom is -0.268 e. The summed E-state index contributed by atoms with van der Waals surface area (Å²) < 4.78 is 12.9. The van der Waals surface area contributed by atoms with Gasteiger partial charge in [0, 0.05) is 4.47 Å². The number of halogens is 2. The molecule has 0 aliphatic carbocycles. The van der Waals surface area contributed by atoms with Crippen molar-refractivity contribution in [1.29, 1.82) is 5.26 Å². The van der Waals surface area contributed by atoms with E-state index in [2.05, 4.69) is 15.9 Å². The first kappa shape index (κ1) is 9.68. The van der Waals surface area contributed by atoms with Crippen molar-refractivity contribution in [3.63, 3.8) is 0 Å². The van der Waals surface area contributed by atoms with Gasteiger partial charge in [-0.15, -0.1) is 0 Å². The van der Waals surface area contributed by atoms with E-state index in [1.165, 1.54) is 12.3 Å². The third kappa shape index (κ3) is 2.26. The average molecular weight is 243 g/mol. The molecule has 66 valence electrons. The number of nitrogens with zero attached hydrogens (tertiary/aromatic N) is 1. The second kappa shape index (κ2) is 4.01. The van der Waals surface area contributed by atoms with E-state index in [0.29, 0.717) is 4.47 Å². The fraction of sp³-hybridized carbons (Fsp3) is 0. The molecule has 1 aromatic rings. The first-order valence-corrected chi connectivity index (χ1v) is 4.09. The van der Waals surface area contributed by atoms with Crippen molar-refractivity contribution in [2.75, 3.05) is 0 Å². The number of benzene rings is 1.